The van der Waals surface area contributed by atoms with Gasteiger partial charge < -0.3 is 9.64 Å². The molecule has 5 rings (SSSR count). The molecule has 0 N–H and O–H groups in total. The van der Waals surface area contributed by atoms with Crippen molar-refractivity contribution in [1.29, 1.82) is 0 Å². The lowest BCUT2D eigenvalue weighted by molar-refractivity contribution is 0.104. The number of ether oxygens (including phenoxy) is 1. The summed E-state index contributed by atoms with van der Waals surface area (Å²) in [5.74, 6) is -0.678. The fraction of sp³-hybridized carbons (Fsp3) is 0.179. The van der Waals surface area contributed by atoms with Crippen LogP contribution < -0.4 is 4.90 Å². The molecule has 0 spiro atoms. The number of hydrogen-bond acceptors (Lipinski definition) is 5. The molecule has 4 aromatic rings. The second-order valence-electron chi connectivity index (χ2n) is 8.32. The number of halogens is 1. The van der Waals surface area contributed by atoms with Crippen molar-refractivity contribution in [3.05, 3.63) is 108 Å². The molecule has 7 heteroatoms. The van der Waals surface area contributed by atoms with Gasteiger partial charge in [0, 0.05) is 48.4 Å². The summed E-state index contributed by atoms with van der Waals surface area (Å²) in [5.41, 5.74) is 4.28. The Hall–Kier alpha value is -4.10. The number of pyridine rings is 1. The predicted octanol–water partition coefficient (Wildman–Crippen LogP) is 4.87. The van der Waals surface area contributed by atoms with Crippen molar-refractivity contribution in [1.82, 2.24) is 14.8 Å². The van der Waals surface area contributed by atoms with Gasteiger partial charge in [0.05, 0.1) is 25.4 Å². The standard InChI is InChI=1S/C28H25FN4O2/c29-25-17-22(8-10-26(25)32-13-15-35-16-14-32)27(34)11-9-24-20-33(19-21-5-2-1-3-6-21)31-28(24)23-7-4-12-30-18-23/h1-12,17-18,20H,13-16,19H2/b11-9+. The van der Waals surface area contributed by atoms with E-state index in [1.807, 2.05) is 58.2 Å². The highest BCUT2D eigenvalue weighted by Gasteiger charge is 2.17. The van der Waals surface area contributed by atoms with Gasteiger partial charge in [-0.3, -0.25) is 14.5 Å². The van der Waals surface area contributed by atoms with Crippen LogP contribution >= 0.6 is 0 Å². The summed E-state index contributed by atoms with van der Waals surface area (Å²) in [4.78, 5) is 19.0. The fourth-order valence-corrected chi connectivity index (χ4v) is 4.12. The molecular formula is C28H25FN4O2. The lowest BCUT2D eigenvalue weighted by atomic mass is 10.1. The van der Waals surface area contributed by atoms with E-state index in [9.17, 15) is 9.18 Å². The van der Waals surface area contributed by atoms with Crippen LogP contribution in [0.2, 0.25) is 0 Å². The first kappa shape index (κ1) is 22.7. The predicted molar refractivity (Wildman–Crippen MR) is 134 cm³/mol. The zero-order valence-electron chi connectivity index (χ0n) is 19.2. The number of carbonyl (C=O) groups is 1. The molecule has 1 aliphatic rings. The summed E-state index contributed by atoms with van der Waals surface area (Å²) in [5, 5.41) is 4.74. The summed E-state index contributed by atoms with van der Waals surface area (Å²) in [6.07, 6.45) is 8.55. The van der Waals surface area contributed by atoms with Gasteiger partial charge in [-0.25, -0.2) is 4.39 Å². The third-order valence-electron chi connectivity index (χ3n) is 5.91. The number of benzene rings is 2. The van der Waals surface area contributed by atoms with Crippen LogP contribution in [0.5, 0.6) is 0 Å². The Labute approximate surface area is 203 Å². The number of allylic oxidation sites excluding steroid dienone is 1. The first-order valence-corrected chi connectivity index (χ1v) is 11.5. The van der Waals surface area contributed by atoms with E-state index < -0.39 is 5.82 Å². The van der Waals surface area contributed by atoms with Gasteiger partial charge in [0.25, 0.3) is 0 Å². The minimum atomic E-state index is -0.405. The summed E-state index contributed by atoms with van der Waals surface area (Å²) >= 11 is 0. The number of hydrogen-bond donors (Lipinski definition) is 0. The van der Waals surface area contributed by atoms with Crippen molar-refractivity contribution in [3.8, 4) is 11.3 Å². The molecule has 0 unspecified atom stereocenters. The van der Waals surface area contributed by atoms with E-state index in [1.54, 1.807) is 30.6 Å². The molecule has 1 fully saturated rings. The van der Waals surface area contributed by atoms with Gasteiger partial charge in [0.15, 0.2) is 5.78 Å². The van der Waals surface area contributed by atoms with E-state index in [0.717, 1.165) is 22.4 Å². The highest BCUT2D eigenvalue weighted by molar-refractivity contribution is 6.07. The summed E-state index contributed by atoms with van der Waals surface area (Å²) < 4.78 is 22.0. The third kappa shape index (κ3) is 5.36. The molecule has 1 aliphatic heterocycles. The van der Waals surface area contributed by atoms with Gasteiger partial charge in [-0.2, -0.15) is 5.10 Å². The Kier molecular flexibility index (Phi) is 6.77. The van der Waals surface area contributed by atoms with Gasteiger partial charge in [-0.1, -0.05) is 30.3 Å². The maximum Gasteiger partial charge on any atom is 0.185 e. The minimum absolute atomic E-state index is 0.273. The first-order chi connectivity index (χ1) is 17.2. The molecule has 1 saturated heterocycles. The van der Waals surface area contributed by atoms with Gasteiger partial charge in [-0.05, 0) is 48.0 Å². The summed E-state index contributed by atoms with van der Waals surface area (Å²) in [6.45, 7) is 3.01. The van der Waals surface area contributed by atoms with Crippen LogP contribution in [0.25, 0.3) is 17.3 Å². The van der Waals surface area contributed by atoms with Crippen LogP contribution in [0.3, 0.4) is 0 Å². The molecule has 0 atom stereocenters. The molecule has 2 aromatic heterocycles. The molecule has 2 aromatic carbocycles. The van der Waals surface area contributed by atoms with Crippen molar-refractivity contribution in [2.45, 2.75) is 6.54 Å². The number of aromatic nitrogens is 3. The zero-order chi connectivity index (χ0) is 24.0. The van der Waals surface area contributed by atoms with Gasteiger partial charge in [0.2, 0.25) is 0 Å². The number of morpholine rings is 1. The molecular weight excluding hydrogens is 443 g/mol. The van der Waals surface area contributed by atoms with Crippen molar-refractivity contribution in [3.63, 3.8) is 0 Å². The monoisotopic (exact) mass is 468 g/mol. The molecule has 0 saturated carbocycles. The van der Waals surface area contributed by atoms with Gasteiger partial charge >= 0.3 is 0 Å². The number of anilines is 1. The topological polar surface area (TPSA) is 60.2 Å². The number of nitrogens with zero attached hydrogens (tertiary/aromatic N) is 4. The fourth-order valence-electron chi connectivity index (χ4n) is 4.12. The Morgan fingerprint density at radius 3 is 2.63 bits per heavy atom. The SMILES string of the molecule is O=C(/C=C/c1cn(Cc2ccccc2)nc1-c1cccnc1)c1ccc(N2CCOCC2)c(F)c1. The average molecular weight is 469 g/mol. The summed E-state index contributed by atoms with van der Waals surface area (Å²) in [7, 11) is 0. The second kappa shape index (κ2) is 10.4. The number of ketones is 1. The van der Waals surface area contributed by atoms with Crippen LogP contribution in [-0.2, 0) is 11.3 Å². The molecule has 176 valence electrons. The Morgan fingerprint density at radius 1 is 1.06 bits per heavy atom. The molecule has 6 nitrogen and oxygen atoms in total. The van der Waals surface area contributed by atoms with Crippen LogP contribution in [0, 0.1) is 5.82 Å². The van der Waals surface area contributed by atoms with Crippen LogP contribution in [0.4, 0.5) is 10.1 Å². The Balaban J connectivity index is 1.39. The Bertz CT molecular complexity index is 1330. The quantitative estimate of drug-likeness (QED) is 0.286. The maximum absolute atomic E-state index is 14.8. The molecule has 0 aliphatic carbocycles. The molecule has 0 bridgehead atoms. The normalized spacial score (nSPS) is 13.9. The van der Waals surface area contributed by atoms with Crippen LogP contribution in [0.15, 0.2) is 85.3 Å². The van der Waals surface area contributed by atoms with E-state index in [2.05, 4.69) is 4.98 Å². The number of carbonyl (C=O) groups excluding carboxylic acids is 1. The zero-order valence-corrected chi connectivity index (χ0v) is 19.2. The van der Waals surface area contributed by atoms with E-state index >= 15 is 0 Å². The van der Waals surface area contributed by atoms with Crippen molar-refractivity contribution >= 4 is 17.5 Å². The molecule has 3 heterocycles. The first-order valence-electron chi connectivity index (χ1n) is 11.5. The maximum atomic E-state index is 14.8. The van der Waals surface area contributed by atoms with E-state index in [0.29, 0.717) is 44.1 Å². The Morgan fingerprint density at radius 2 is 1.89 bits per heavy atom. The average Bonchev–Trinajstić information content (AvgIpc) is 3.31. The third-order valence-corrected chi connectivity index (χ3v) is 5.91. The highest BCUT2D eigenvalue weighted by Crippen LogP contribution is 2.25. The van der Waals surface area contributed by atoms with Gasteiger partial charge in [0.1, 0.15) is 11.5 Å². The lowest BCUT2D eigenvalue weighted by Gasteiger charge is -2.29. The van der Waals surface area contributed by atoms with E-state index in [4.69, 9.17) is 9.84 Å². The van der Waals surface area contributed by atoms with Crippen molar-refractivity contribution in [2.24, 2.45) is 0 Å². The summed E-state index contributed by atoms with van der Waals surface area (Å²) in [6, 6.07) is 18.5. The number of rotatable bonds is 7. The van der Waals surface area contributed by atoms with Crippen LogP contribution in [-0.4, -0.2) is 46.9 Å². The lowest BCUT2D eigenvalue weighted by Crippen LogP contribution is -2.36. The molecule has 35 heavy (non-hydrogen) atoms. The van der Waals surface area contributed by atoms with Crippen molar-refractivity contribution in [2.75, 3.05) is 31.2 Å². The van der Waals surface area contributed by atoms with E-state index in [1.165, 1.54) is 12.1 Å². The molecule has 0 radical (unpaired) electrons. The van der Waals surface area contributed by atoms with Gasteiger partial charge in [-0.15, -0.1) is 0 Å². The second-order valence-corrected chi connectivity index (χ2v) is 8.32. The van der Waals surface area contributed by atoms with Crippen molar-refractivity contribution < 1.29 is 13.9 Å². The smallest absolute Gasteiger partial charge is 0.185 e. The highest BCUT2D eigenvalue weighted by atomic mass is 19.1. The minimum Gasteiger partial charge on any atom is -0.378 e. The van der Waals surface area contributed by atoms with Crippen LogP contribution in [0.1, 0.15) is 21.5 Å². The molecule has 0 amide bonds. The van der Waals surface area contributed by atoms with E-state index in [-0.39, 0.29) is 5.78 Å². The largest absolute Gasteiger partial charge is 0.378 e.